The van der Waals surface area contributed by atoms with Crippen LogP contribution in [0.15, 0.2) is 41.1 Å². The van der Waals surface area contributed by atoms with Gasteiger partial charge >= 0.3 is 11.0 Å². The molecule has 0 amide bonds. The molecule has 0 atom stereocenters. The largest absolute Gasteiger partial charge is 0.456 e. The summed E-state index contributed by atoms with van der Waals surface area (Å²) in [6.07, 6.45) is 0. The molecule has 2 heterocycles. The Labute approximate surface area is 149 Å². The number of rotatable bonds is 5. The molecule has 24 heavy (non-hydrogen) atoms. The van der Waals surface area contributed by atoms with Gasteiger partial charge in [-0.2, -0.15) is 0 Å². The van der Waals surface area contributed by atoms with Crippen LogP contribution in [0.4, 0.5) is 5.00 Å². The first-order valence-electron chi connectivity index (χ1n) is 6.63. The number of carbonyl (C=O) groups is 1. The van der Waals surface area contributed by atoms with Crippen LogP contribution < -0.4 is 0 Å². The fourth-order valence-corrected chi connectivity index (χ4v) is 3.57. The van der Waals surface area contributed by atoms with Gasteiger partial charge in [-0.25, -0.2) is 9.78 Å². The number of benzene rings is 1. The van der Waals surface area contributed by atoms with Crippen LogP contribution in [0.2, 0.25) is 5.02 Å². The molecule has 0 fully saturated rings. The summed E-state index contributed by atoms with van der Waals surface area (Å²) in [4.78, 5) is 26.4. The van der Waals surface area contributed by atoms with Gasteiger partial charge in [-0.05, 0) is 12.1 Å². The van der Waals surface area contributed by atoms with Gasteiger partial charge in [0.2, 0.25) is 0 Å². The maximum Gasteiger partial charge on any atom is 0.358 e. The molecule has 0 bridgehead atoms. The van der Waals surface area contributed by atoms with Crippen LogP contribution >= 0.6 is 34.3 Å². The monoisotopic (exact) mass is 380 g/mol. The SMILES string of the molecule is O=C(OCc1csc([N+](=O)[O-])c1)c1csc(-c2cccc(Cl)c2)n1. The minimum Gasteiger partial charge on any atom is -0.456 e. The number of hydrogen-bond acceptors (Lipinski definition) is 7. The Kier molecular flexibility index (Phi) is 4.89. The van der Waals surface area contributed by atoms with Crippen LogP contribution in [-0.4, -0.2) is 15.9 Å². The molecule has 1 aromatic carbocycles. The number of esters is 1. The Morgan fingerprint density at radius 1 is 1.29 bits per heavy atom. The number of thiazole rings is 1. The normalized spacial score (nSPS) is 10.5. The summed E-state index contributed by atoms with van der Waals surface area (Å²) in [6.45, 7) is -0.0345. The maximum atomic E-state index is 12.0. The highest BCUT2D eigenvalue weighted by Crippen LogP contribution is 2.27. The Morgan fingerprint density at radius 2 is 2.12 bits per heavy atom. The van der Waals surface area contributed by atoms with Crippen LogP contribution in [0, 0.1) is 10.1 Å². The van der Waals surface area contributed by atoms with Crippen molar-refractivity contribution in [2.75, 3.05) is 0 Å². The molecule has 122 valence electrons. The van der Waals surface area contributed by atoms with Crippen LogP contribution in [0.1, 0.15) is 16.1 Å². The topological polar surface area (TPSA) is 82.3 Å². The van der Waals surface area contributed by atoms with Gasteiger partial charge in [-0.1, -0.05) is 35.1 Å². The van der Waals surface area contributed by atoms with Crippen molar-refractivity contribution < 1.29 is 14.5 Å². The number of thiophene rings is 1. The molecule has 0 radical (unpaired) electrons. The lowest BCUT2D eigenvalue weighted by Gasteiger charge is -2.00. The lowest BCUT2D eigenvalue weighted by atomic mass is 10.2. The molecule has 2 aromatic heterocycles. The number of hydrogen-bond donors (Lipinski definition) is 0. The summed E-state index contributed by atoms with van der Waals surface area (Å²) in [5.74, 6) is -0.576. The van der Waals surface area contributed by atoms with Crippen LogP contribution in [0.25, 0.3) is 10.6 Å². The van der Waals surface area contributed by atoms with E-state index in [1.54, 1.807) is 29.0 Å². The first-order chi connectivity index (χ1) is 11.5. The number of ether oxygens (including phenoxy) is 1. The third-order valence-corrected chi connectivity index (χ3v) is 5.03. The Morgan fingerprint density at radius 3 is 2.83 bits per heavy atom. The maximum absolute atomic E-state index is 12.0. The first-order valence-corrected chi connectivity index (χ1v) is 8.77. The van der Waals surface area contributed by atoms with E-state index < -0.39 is 10.9 Å². The molecule has 3 rings (SSSR count). The van der Waals surface area contributed by atoms with E-state index in [4.69, 9.17) is 16.3 Å². The van der Waals surface area contributed by atoms with E-state index in [0.717, 1.165) is 16.9 Å². The van der Waals surface area contributed by atoms with Crippen molar-refractivity contribution in [1.29, 1.82) is 0 Å². The minimum atomic E-state index is -0.576. The molecule has 0 aliphatic heterocycles. The number of halogens is 1. The number of carbonyl (C=O) groups excluding carboxylic acids is 1. The van der Waals surface area contributed by atoms with E-state index in [9.17, 15) is 14.9 Å². The van der Waals surface area contributed by atoms with E-state index in [1.807, 2.05) is 6.07 Å². The fraction of sp³-hybridized carbons (Fsp3) is 0.0667. The number of nitro groups is 1. The van der Waals surface area contributed by atoms with Crippen LogP contribution in [0.5, 0.6) is 0 Å². The zero-order valence-corrected chi connectivity index (χ0v) is 14.4. The van der Waals surface area contributed by atoms with Gasteiger partial charge in [0.15, 0.2) is 5.69 Å². The Bertz CT molecular complexity index is 906. The van der Waals surface area contributed by atoms with Crippen LogP contribution in [-0.2, 0) is 11.3 Å². The second-order valence-corrected chi connectivity index (χ2v) is 6.86. The Balaban J connectivity index is 1.66. The molecule has 0 N–H and O–H groups in total. The summed E-state index contributed by atoms with van der Waals surface area (Å²) < 4.78 is 5.14. The van der Waals surface area contributed by atoms with Crippen molar-refractivity contribution in [2.24, 2.45) is 0 Å². The van der Waals surface area contributed by atoms with Gasteiger partial charge in [0.05, 0.1) is 4.92 Å². The summed E-state index contributed by atoms with van der Waals surface area (Å²) >= 11 is 8.25. The van der Waals surface area contributed by atoms with Crippen molar-refractivity contribution >= 4 is 45.2 Å². The van der Waals surface area contributed by atoms with Gasteiger partial charge in [0, 0.05) is 33.0 Å². The third-order valence-electron chi connectivity index (χ3n) is 2.97. The molecule has 3 aromatic rings. The molecule has 6 nitrogen and oxygen atoms in total. The molecule has 0 aliphatic carbocycles. The lowest BCUT2D eigenvalue weighted by molar-refractivity contribution is -0.380. The van der Waals surface area contributed by atoms with Crippen molar-refractivity contribution in [3.63, 3.8) is 0 Å². The lowest BCUT2D eigenvalue weighted by Crippen LogP contribution is -2.05. The predicted molar refractivity (Wildman–Crippen MR) is 92.7 cm³/mol. The standard InChI is InChI=1S/C15H9ClN2O4S2/c16-11-3-1-2-10(5-11)14-17-12(8-24-14)15(19)22-6-9-4-13(18(20)21)23-7-9/h1-5,7-8H,6H2. The van der Waals surface area contributed by atoms with E-state index in [2.05, 4.69) is 4.98 Å². The van der Waals surface area contributed by atoms with Gasteiger partial charge in [0.1, 0.15) is 11.6 Å². The molecule has 0 spiro atoms. The summed E-state index contributed by atoms with van der Waals surface area (Å²) in [6, 6.07) is 8.56. The zero-order valence-electron chi connectivity index (χ0n) is 12.0. The van der Waals surface area contributed by atoms with E-state index in [0.29, 0.717) is 15.6 Å². The van der Waals surface area contributed by atoms with Crippen molar-refractivity contribution in [3.05, 3.63) is 67.5 Å². The summed E-state index contributed by atoms with van der Waals surface area (Å²) in [5, 5.41) is 15.1. The Hall–Kier alpha value is -2.29. The van der Waals surface area contributed by atoms with E-state index in [-0.39, 0.29) is 17.3 Å². The average Bonchev–Trinajstić information content (AvgIpc) is 3.22. The second-order valence-electron chi connectivity index (χ2n) is 4.67. The molecular formula is C15H9ClN2O4S2. The zero-order chi connectivity index (χ0) is 17.1. The fourth-order valence-electron chi connectivity index (χ4n) is 1.88. The molecule has 0 aliphatic rings. The van der Waals surface area contributed by atoms with E-state index in [1.165, 1.54) is 17.4 Å². The number of aromatic nitrogens is 1. The minimum absolute atomic E-state index is 0.0120. The molecule has 0 unspecified atom stereocenters. The second kappa shape index (κ2) is 7.08. The molecule has 0 saturated heterocycles. The summed E-state index contributed by atoms with van der Waals surface area (Å²) in [5.41, 5.74) is 1.59. The van der Waals surface area contributed by atoms with Gasteiger partial charge in [0.25, 0.3) is 0 Å². The first kappa shape index (κ1) is 16.6. The summed E-state index contributed by atoms with van der Waals surface area (Å²) in [7, 11) is 0. The molecule has 0 saturated carbocycles. The smallest absolute Gasteiger partial charge is 0.358 e. The number of nitrogens with zero attached hydrogens (tertiary/aromatic N) is 2. The highest BCUT2D eigenvalue weighted by molar-refractivity contribution is 7.13. The third kappa shape index (κ3) is 3.78. The van der Waals surface area contributed by atoms with Crippen molar-refractivity contribution in [1.82, 2.24) is 4.98 Å². The van der Waals surface area contributed by atoms with Gasteiger partial charge in [-0.3, -0.25) is 10.1 Å². The van der Waals surface area contributed by atoms with Gasteiger partial charge in [-0.15, -0.1) is 11.3 Å². The highest BCUT2D eigenvalue weighted by Gasteiger charge is 2.15. The average molecular weight is 381 g/mol. The van der Waals surface area contributed by atoms with Gasteiger partial charge < -0.3 is 4.74 Å². The predicted octanol–water partition coefficient (Wildman–Crippen LogP) is 4.79. The molecular weight excluding hydrogens is 372 g/mol. The molecule has 9 heteroatoms. The highest BCUT2D eigenvalue weighted by atomic mass is 35.5. The van der Waals surface area contributed by atoms with Crippen molar-refractivity contribution in [3.8, 4) is 10.6 Å². The van der Waals surface area contributed by atoms with Crippen molar-refractivity contribution in [2.45, 2.75) is 6.61 Å². The van der Waals surface area contributed by atoms with Crippen LogP contribution in [0.3, 0.4) is 0 Å². The van der Waals surface area contributed by atoms with E-state index >= 15 is 0 Å². The quantitative estimate of drug-likeness (QED) is 0.361.